The summed E-state index contributed by atoms with van der Waals surface area (Å²) in [5.41, 5.74) is 1.71. The van der Waals surface area contributed by atoms with Crippen molar-refractivity contribution >= 4 is 11.8 Å². The van der Waals surface area contributed by atoms with Gasteiger partial charge in [0.2, 0.25) is 11.0 Å². The Morgan fingerprint density at radius 2 is 1.77 bits per heavy atom. The third-order valence-electron chi connectivity index (χ3n) is 3.75. The fourth-order valence-electron chi connectivity index (χ4n) is 2.46. The van der Waals surface area contributed by atoms with Crippen molar-refractivity contribution in [2.45, 2.75) is 17.3 Å². The van der Waals surface area contributed by atoms with Gasteiger partial charge in [-0.05, 0) is 59.0 Å². The van der Waals surface area contributed by atoms with Gasteiger partial charge in [0.05, 0.1) is 11.4 Å². The SMILES string of the molecule is Fc1ccc(-c2nc(CSc3nnnn3-c3ccc(OC(F)(F)F)cc3)co2)cc1. The van der Waals surface area contributed by atoms with E-state index in [-0.39, 0.29) is 11.6 Å². The maximum absolute atomic E-state index is 13.0. The fourth-order valence-corrected chi connectivity index (χ4v) is 3.22. The van der Waals surface area contributed by atoms with Crippen molar-refractivity contribution < 1.29 is 26.7 Å². The Morgan fingerprint density at radius 1 is 1.03 bits per heavy atom. The van der Waals surface area contributed by atoms with E-state index in [4.69, 9.17) is 4.42 Å². The average Bonchev–Trinajstić information content (AvgIpc) is 3.36. The van der Waals surface area contributed by atoms with Crippen LogP contribution in [-0.4, -0.2) is 31.6 Å². The molecule has 12 heteroatoms. The maximum atomic E-state index is 13.0. The van der Waals surface area contributed by atoms with Gasteiger partial charge >= 0.3 is 6.36 Å². The molecule has 0 N–H and O–H groups in total. The van der Waals surface area contributed by atoms with Crippen molar-refractivity contribution in [1.82, 2.24) is 25.2 Å². The molecule has 0 atom stereocenters. The van der Waals surface area contributed by atoms with E-state index in [1.807, 2.05) is 0 Å². The molecule has 4 aromatic rings. The summed E-state index contributed by atoms with van der Waals surface area (Å²) in [6, 6.07) is 10.9. The highest BCUT2D eigenvalue weighted by Crippen LogP contribution is 2.27. The lowest BCUT2D eigenvalue weighted by molar-refractivity contribution is -0.274. The van der Waals surface area contributed by atoms with Crippen LogP contribution in [0.2, 0.25) is 0 Å². The first-order valence-electron chi connectivity index (χ1n) is 8.35. The molecule has 0 spiro atoms. The number of hydrogen-bond donors (Lipinski definition) is 0. The zero-order valence-electron chi connectivity index (χ0n) is 14.9. The molecule has 0 aliphatic heterocycles. The van der Waals surface area contributed by atoms with Gasteiger partial charge in [0.1, 0.15) is 17.8 Å². The summed E-state index contributed by atoms with van der Waals surface area (Å²) in [5.74, 6) is 0.0289. The molecule has 2 aromatic carbocycles. The highest BCUT2D eigenvalue weighted by molar-refractivity contribution is 7.98. The third-order valence-corrected chi connectivity index (χ3v) is 4.70. The molecular formula is C18H11F4N5O2S. The molecule has 2 aromatic heterocycles. The van der Waals surface area contributed by atoms with Gasteiger partial charge in [-0.1, -0.05) is 11.8 Å². The van der Waals surface area contributed by atoms with Gasteiger partial charge in [0.15, 0.2) is 0 Å². The number of oxazole rings is 1. The molecule has 0 aliphatic carbocycles. The number of hydrogen-bond acceptors (Lipinski definition) is 7. The summed E-state index contributed by atoms with van der Waals surface area (Å²) in [4.78, 5) is 4.35. The zero-order valence-corrected chi connectivity index (χ0v) is 15.7. The first-order chi connectivity index (χ1) is 14.4. The number of aromatic nitrogens is 5. The smallest absolute Gasteiger partial charge is 0.444 e. The molecule has 7 nitrogen and oxygen atoms in total. The van der Waals surface area contributed by atoms with Gasteiger partial charge in [-0.3, -0.25) is 0 Å². The van der Waals surface area contributed by atoms with E-state index in [9.17, 15) is 17.6 Å². The quantitative estimate of drug-likeness (QED) is 0.321. The second-order valence-electron chi connectivity index (χ2n) is 5.85. The molecule has 0 radical (unpaired) electrons. The Hall–Kier alpha value is -3.41. The topological polar surface area (TPSA) is 78.9 Å². The Bertz CT molecular complexity index is 1130. The van der Waals surface area contributed by atoms with Gasteiger partial charge < -0.3 is 9.15 Å². The lowest BCUT2D eigenvalue weighted by Crippen LogP contribution is -2.17. The van der Waals surface area contributed by atoms with Crippen LogP contribution in [0.25, 0.3) is 17.1 Å². The first-order valence-corrected chi connectivity index (χ1v) is 9.34. The third kappa shape index (κ3) is 4.76. The van der Waals surface area contributed by atoms with Crippen LogP contribution in [0.5, 0.6) is 5.75 Å². The number of tetrazole rings is 1. The molecule has 0 aliphatic rings. The normalized spacial score (nSPS) is 11.6. The molecule has 0 saturated carbocycles. The maximum Gasteiger partial charge on any atom is 0.573 e. The van der Waals surface area contributed by atoms with Gasteiger partial charge in [-0.15, -0.1) is 18.3 Å². The summed E-state index contributed by atoms with van der Waals surface area (Å²) in [7, 11) is 0. The second-order valence-corrected chi connectivity index (χ2v) is 6.80. The van der Waals surface area contributed by atoms with Crippen LogP contribution in [0, 0.1) is 5.82 Å². The predicted octanol–water partition coefficient (Wildman–Crippen LogP) is 4.65. The number of alkyl halides is 3. The molecule has 30 heavy (non-hydrogen) atoms. The molecule has 0 bridgehead atoms. The van der Waals surface area contributed by atoms with Crippen LogP contribution in [0.4, 0.5) is 17.6 Å². The molecule has 0 unspecified atom stereocenters. The predicted molar refractivity (Wildman–Crippen MR) is 97.3 cm³/mol. The van der Waals surface area contributed by atoms with E-state index in [0.717, 1.165) is 0 Å². The molecule has 154 valence electrons. The summed E-state index contributed by atoms with van der Waals surface area (Å²) < 4.78 is 60.5. The molecule has 0 saturated heterocycles. The van der Waals surface area contributed by atoms with Crippen LogP contribution in [0.15, 0.2) is 64.4 Å². The van der Waals surface area contributed by atoms with Crippen LogP contribution in [0.1, 0.15) is 5.69 Å². The van der Waals surface area contributed by atoms with Crippen molar-refractivity contribution in [3.05, 3.63) is 66.3 Å². The largest absolute Gasteiger partial charge is 0.573 e. The highest BCUT2D eigenvalue weighted by atomic mass is 32.2. The fraction of sp³-hybridized carbons (Fsp3) is 0.111. The summed E-state index contributed by atoms with van der Waals surface area (Å²) in [6.07, 6.45) is -3.29. The second kappa shape index (κ2) is 8.14. The van der Waals surface area contributed by atoms with Crippen LogP contribution < -0.4 is 4.74 Å². The summed E-state index contributed by atoms with van der Waals surface area (Å²) in [6.45, 7) is 0. The monoisotopic (exact) mass is 437 g/mol. The van der Waals surface area contributed by atoms with Gasteiger partial charge in [-0.2, -0.15) is 4.68 Å². The summed E-state index contributed by atoms with van der Waals surface area (Å²) >= 11 is 1.26. The minimum absolute atomic E-state index is 0.343. The number of rotatable bonds is 6. The number of benzene rings is 2. The molecular weight excluding hydrogens is 426 g/mol. The first kappa shape index (κ1) is 19.9. The Morgan fingerprint density at radius 3 is 2.47 bits per heavy atom. The minimum Gasteiger partial charge on any atom is -0.444 e. The Labute approximate surface area is 170 Å². The van der Waals surface area contributed by atoms with E-state index in [2.05, 4.69) is 25.2 Å². The van der Waals surface area contributed by atoms with Crippen LogP contribution in [0.3, 0.4) is 0 Å². The lowest BCUT2D eigenvalue weighted by atomic mass is 10.2. The zero-order chi connectivity index (χ0) is 21.1. The molecule has 0 fully saturated rings. The molecule has 0 amide bonds. The van der Waals surface area contributed by atoms with E-state index >= 15 is 0 Å². The van der Waals surface area contributed by atoms with E-state index in [1.54, 1.807) is 12.1 Å². The van der Waals surface area contributed by atoms with Gasteiger partial charge in [0.25, 0.3) is 0 Å². The van der Waals surface area contributed by atoms with Crippen molar-refractivity contribution in [3.63, 3.8) is 0 Å². The van der Waals surface area contributed by atoms with E-state index in [0.29, 0.717) is 33.7 Å². The van der Waals surface area contributed by atoms with E-state index in [1.165, 1.54) is 59.1 Å². The number of halogens is 4. The van der Waals surface area contributed by atoms with Crippen molar-refractivity contribution in [2.75, 3.05) is 0 Å². The van der Waals surface area contributed by atoms with E-state index < -0.39 is 6.36 Å². The lowest BCUT2D eigenvalue weighted by Gasteiger charge is -2.09. The Kier molecular flexibility index (Phi) is 5.40. The minimum atomic E-state index is -4.76. The Balaban J connectivity index is 1.44. The standard InChI is InChI=1S/C18H11F4N5O2S/c19-12-3-1-11(2-4-12)16-23-13(9-28-16)10-30-17-24-25-26-27(17)14-5-7-15(8-6-14)29-18(20,21)22/h1-9H,10H2. The summed E-state index contributed by atoms with van der Waals surface area (Å²) in [5, 5.41) is 11.8. The number of nitrogens with zero attached hydrogens (tertiary/aromatic N) is 5. The van der Waals surface area contributed by atoms with Gasteiger partial charge in [0, 0.05) is 11.3 Å². The van der Waals surface area contributed by atoms with Crippen molar-refractivity contribution in [3.8, 4) is 22.9 Å². The van der Waals surface area contributed by atoms with Crippen molar-refractivity contribution in [2.24, 2.45) is 0 Å². The molecule has 4 rings (SSSR count). The van der Waals surface area contributed by atoms with Crippen molar-refractivity contribution in [1.29, 1.82) is 0 Å². The molecule has 2 heterocycles. The highest BCUT2D eigenvalue weighted by Gasteiger charge is 2.31. The van der Waals surface area contributed by atoms with Crippen LogP contribution in [-0.2, 0) is 5.75 Å². The van der Waals surface area contributed by atoms with Gasteiger partial charge in [-0.25, -0.2) is 9.37 Å². The number of ether oxygens (including phenoxy) is 1. The number of thioether (sulfide) groups is 1. The van der Waals surface area contributed by atoms with Crippen LogP contribution >= 0.6 is 11.8 Å². The average molecular weight is 437 g/mol.